The second-order valence-electron chi connectivity index (χ2n) is 4.36. The van der Waals surface area contributed by atoms with E-state index in [9.17, 15) is 9.18 Å². The molecule has 19 heavy (non-hydrogen) atoms. The van der Waals surface area contributed by atoms with Gasteiger partial charge >= 0.3 is 0 Å². The van der Waals surface area contributed by atoms with Crippen molar-refractivity contribution in [2.75, 3.05) is 11.9 Å². The van der Waals surface area contributed by atoms with E-state index in [2.05, 4.69) is 15.9 Å². The first-order chi connectivity index (χ1) is 8.97. The molecule has 0 atom stereocenters. The fourth-order valence-corrected chi connectivity index (χ4v) is 2.44. The number of carbonyl (C=O) groups excluding carboxylic acids is 1. The van der Waals surface area contributed by atoms with Crippen LogP contribution in [0.25, 0.3) is 0 Å². The van der Waals surface area contributed by atoms with E-state index < -0.39 is 0 Å². The first-order valence-electron chi connectivity index (χ1n) is 5.78. The summed E-state index contributed by atoms with van der Waals surface area (Å²) in [5, 5.41) is 0. The highest BCUT2D eigenvalue weighted by atomic mass is 79.9. The monoisotopic (exact) mass is 321 g/mol. The molecule has 2 aromatic rings. The number of anilines is 1. The Bertz CT molecular complexity index is 590. The van der Waals surface area contributed by atoms with Gasteiger partial charge in [0.1, 0.15) is 5.82 Å². The lowest BCUT2D eigenvalue weighted by Crippen LogP contribution is -2.26. The molecule has 0 saturated carbocycles. The number of benzene rings is 2. The Labute approximate surface area is 120 Å². The van der Waals surface area contributed by atoms with Gasteiger partial charge in [-0.2, -0.15) is 0 Å². The zero-order valence-corrected chi connectivity index (χ0v) is 12.2. The molecule has 0 unspecified atom stereocenters. The Balaban J connectivity index is 2.30. The normalized spacial score (nSPS) is 10.3. The average molecular weight is 322 g/mol. The van der Waals surface area contributed by atoms with E-state index in [4.69, 9.17) is 0 Å². The molecule has 98 valence electrons. The second-order valence-corrected chi connectivity index (χ2v) is 5.27. The molecule has 0 saturated heterocycles. The smallest absolute Gasteiger partial charge is 0.258 e. The van der Waals surface area contributed by atoms with E-state index in [1.54, 1.807) is 25.2 Å². The molecule has 4 heteroatoms. The minimum Gasteiger partial charge on any atom is -0.311 e. The van der Waals surface area contributed by atoms with Gasteiger partial charge in [0.2, 0.25) is 0 Å². The quantitative estimate of drug-likeness (QED) is 0.812. The molecule has 1 amide bonds. The van der Waals surface area contributed by atoms with Gasteiger partial charge in [-0.25, -0.2) is 4.39 Å². The van der Waals surface area contributed by atoms with Gasteiger partial charge in [0.15, 0.2) is 0 Å². The number of aryl methyl sites for hydroxylation is 1. The van der Waals surface area contributed by atoms with Crippen LogP contribution >= 0.6 is 15.9 Å². The molecular formula is C15H13BrFNO. The van der Waals surface area contributed by atoms with E-state index in [1.165, 1.54) is 17.0 Å². The second kappa shape index (κ2) is 5.53. The van der Waals surface area contributed by atoms with Crippen molar-refractivity contribution in [3.63, 3.8) is 0 Å². The Kier molecular flexibility index (Phi) is 4.00. The highest BCUT2D eigenvalue weighted by Crippen LogP contribution is 2.20. The SMILES string of the molecule is Cc1cc(Br)cc(C(=O)N(C)c2ccc(F)cc2)c1. The Hall–Kier alpha value is -1.68. The van der Waals surface area contributed by atoms with Gasteiger partial charge in [0.05, 0.1) is 0 Å². The third-order valence-corrected chi connectivity index (χ3v) is 3.27. The number of hydrogen-bond donors (Lipinski definition) is 0. The fourth-order valence-electron chi connectivity index (χ4n) is 1.84. The van der Waals surface area contributed by atoms with Gasteiger partial charge < -0.3 is 4.90 Å². The molecular weight excluding hydrogens is 309 g/mol. The predicted octanol–water partition coefficient (Wildman–Crippen LogP) is 4.17. The van der Waals surface area contributed by atoms with Crippen molar-refractivity contribution in [3.8, 4) is 0 Å². The van der Waals surface area contributed by atoms with Crippen molar-refractivity contribution in [2.24, 2.45) is 0 Å². The summed E-state index contributed by atoms with van der Waals surface area (Å²) in [4.78, 5) is 13.8. The highest BCUT2D eigenvalue weighted by Gasteiger charge is 2.14. The number of nitrogens with zero attached hydrogens (tertiary/aromatic N) is 1. The fraction of sp³-hybridized carbons (Fsp3) is 0.133. The average Bonchev–Trinajstić information content (AvgIpc) is 2.37. The number of rotatable bonds is 2. The third-order valence-electron chi connectivity index (χ3n) is 2.81. The van der Waals surface area contributed by atoms with Crippen LogP contribution in [0.2, 0.25) is 0 Å². The zero-order chi connectivity index (χ0) is 14.0. The maximum Gasteiger partial charge on any atom is 0.258 e. The van der Waals surface area contributed by atoms with Crippen molar-refractivity contribution in [1.82, 2.24) is 0 Å². The number of amides is 1. The first kappa shape index (κ1) is 13.7. The van der Waals surface area contributed by atoms with Crippen LogP contribution in [0.5, 0.6) is 0 Å². The molecule has 0 aliphatic heterocycles. The predicted molar refractivity (Wildman–Crippen MR) is 78.0 cm³/mol. The van der Waals surface area contributed by atoms with Crippen molar-refractivity contribution in [3.05, 3.63) is 63.9 Å². The summed E-state index contributed by atoms with van der Waals surface area (Å²) in [7, 11) is 1.67. The number of carbonyl (C=O) groups is 1. The Morgan fingerprint density at radius 1 is 1.16 bits per heavy atom. The molecule has 2 nitrogen and oxygen atoms in total. The van der Waals surface area contributed by atoms with Crippen molar-refractivity contribution in [1.29, 1.82) is 0 Å². The molecule has 0 bridgehead atoms. The lowest BCUT2D eigenvalue weighted by Gasteiger charge is -2.17. The van der Waals surface area contributed by atoms with Gasteiger partial charge in [0, 0.05) is 22.8 Å². The maximum atomic E-state index is 12.9. The molecule has 0 aromatic heterocycles. The van der Waals surface area contributed by atoms with Gasteiger partial charge in [-0.15, -0.1) is 0 Å². The van der Waals surface area contributed by atoms with E-state index in [-0.39, 0.29) is 11.7 Å². The van der Waals surface area contributed by atoms with Crippen LogP contribution in [-0.4, -0.2) is 13.0 Å². The van der Waals surface area contributed by atoms with E-state index >= 15 is 0 Å². The standard InChI is InChI=1S/C15H13BrFNO/c1-10-7-11(9-12(16)8-10)15(19)18(2)14-5-3-13(17)4-6-14/h3-9H,1-2H3. The molecule has 0 aliphatic carbocycles. The molecule has 0 radical (unpaired) electrons. The van der Waals surface area contributed by atoms with Crippen LogP contribution in [0.3, 0.4) is 0 Å². The van der Waals surface area contributed by atoms with E-state index in [0.29, 0.717) is 11.3 Å². The lowest BCUT2D eigenvalue weighted by atomic mass is 10.1. The summed E-state index contributed by atoms with van der Waals surface area (Å²) in [5.41, 5.74) is 2.26. The molecule has 0 aliphatic rings. The van der Waals surface area contributed by atoms with Gasteiger partial charge in [-0.1, -0.05) is 15.9 Å². The van der Waals surface area contributed by atoms with Crippen LogP contribution in [-0.2, 0) is 0 Å². The molecule has 2 rings (SSSR count). The molecule has 2 aromatic carbocycles. The summed E-state index contributed by atoms with van der Waals surface area (Å²) in [6.07, 6.45) is 0. The summed E-state index contributed by atoms with van der Waals surface area (Å²) >= 11 is 3.38. The van der Waals surface area contributed by atoms with Gasteiger partial charge in [0.25, 0.3) is 5.91 Å². The summed E-state index contributed by atoms with van der Waals surface area (Å²) in [6.45, 7) is 1.93. The van der Waals surface area contributed by atoms with E-state index in [1.807, 2.05) is 19.1 Å². The molecule has 0 N–H and O–H groups in total. The third kappa shape index (κ3) is 3.20. The van der Waals surface area contributed by atoms with Crippen LogP contribution in [0, 0.1) is 12.7 Å². The van der Waals surface area contributed by atoms with E-state index in [0.717, 1.165) is 10.0 Å². The number of halogens is 2. The van der Waals surface area contributed by atoms with Crippen LogP contribution in [0.4, 0.5) is 10.1 Å². The van der Waals surface area contributed by atoms with Crippen LogP contribution < -0.4 is 4.90 Å². The van der Waals surface area contributed by atoms with Gasteiger partial charge in [-0.05, 0) is 55.0 Å². The minimum atomic E-state index is -0.317. The molecule has 0 spiro atoms. The van der Waals surface area contributed by atoms with Crippen molar-refractivity contribution >= 4 is 27.5 Å². The maximum absolute atomic E-state index is 12.9. The lowest BCUT2D eigenvalue weighted by molar-refractivity contribution is 0.0993. The highest BCUT2D eigenvalue weighted by molar-refractivity contribution is 9.10. The molecule has 0 heterocycles. The van der Waals surface area contributed by atoms with Gasteiger partial charge in [-0.3, -0.25) is 4.79 Å². The first-order valence-corrected chi connectivity index (χ1v) is 6.57. The summed E-state index contributed by atoms with van der Waals surface area (Å²) < 4.78 is 13.7. The zero-order valence-electron chi connectivity index (χ0n) is 10.7. The number of hydrogen-bond acceptors (Lipinski definition) is 1. The van der Waals surface area contributed by atoms with Crippen molar-refractivity contribution in [2.45, 2.75) is 6.92 Å². The Morgan fingerprint density at radius 2 is 1.79 bits per heavy atom. The molecule has 0 fully saturated rings. The van der Waals surface area contributed by atoms with Crippen LogP contribution in [0.15, 0.2) is 46.9 Å². The summed E-state index contributed by atoms with van der Waals surface area (Å²) in [6, 6.07) is 11.4. The topological polar surface area (TPSA) is 20.3 Å². The van der Waals surface area contributed by atoms with Crippen molar-refractivity contribution < 1.29 is 9.18 Å². The summed E-state index contributed by atoms with van der Waals surface area (Å²) in [5.74, 6) is -0.445. The Morgan fingerprint density at radius 3 is 2.37 bits per heavy atom. The largest absolute Gasteiger partial charge is 0.311 e. The van der Waals surface area contributed by atoms with Crippen LogP contribution in [0.1, 0.15) is 15.9 Å². The minimum absolute atomic E-state index is 0.129.